The van der Waals surface area contributed by atoms with Crippen molar-refractivity contribution in [1.82, 2.24) is 4.98 Å². The van der Waals surface area contributed by atoms with Crippen molar-refractivity contribution < 1.29 is 14.3 Å². The van der Waals surface area contributed by atoms with Gasteiger partial charge in [-0.3, -0.25) is 9.69 Å². The normalized spacial score (nSPS) is 10.3. The molecule has 154 valence electrons. The van der Waals surface area contributed by atoms with E-state index in [9.17, 15) is 4.79 Å². The molecule has 1 heterocycles. The second-order valence-electron chi connectivity index (χ2n) is 6.45. The maximum absolute atomic E-state index is 12.4. The summed E-state index contributed by atoms with van der Waals surface area (Å²) in [4.78, 5) is 18.6. The van der Waals surface area contributed by atoms with Gasteiger partial charge in [-0.25, -0.2) is 4.98 Å². The molecule has 0 saturated heterocycles. The van der Waals surface area contributed by atoms with Gasteiger partial charge in [-0.05, 0) is 37.1 Å². The number of carbonyl (C=O) groups is 1. The van der Waals surface area contributed by atoms with Crippen LogP contribution in [0.4, 0.5) is 10.8 Å². The lowest BCUT2D eigenvalue weighted by Crippen LogP contribution is -2.23. The fourth-order valence-corrected chi connectivity index (χ4v) is 3.88. The van der Waals surface area contributed by atoms with Crippen molar-refractivity contribution in [3.8, 4) is 17.6 Å². The zero-order valence-corrected chi connectivity index (χ0v) is 18.0. The number of thiazole rings is 1. The van der Waals surface area contributed by atoms with E-state index in [0.717, 1.165) is 17.7 Å². The van der Waals surface area contributed by atoms with Gasteiger partial charge in [0.05, 0.1) is 29.6 Å². The molecule has 0 bridgehead atoms. The fourth-order valence-electron chi connectivity index (χ4n) is 3.02. The minimum Gasteiger partial charge on any atom is -0.490 e. The summed E-state index contributed by atoms with van der Waals surface area (Å²) in [5.74, 6) is 0.975. The molecule has 0 unspecified atom stereocenters. The first-order valence-electron chi connectivity index (χ1n) is 9.70. The number of para-hydroxylation sites is 1. The number of aryl methyl sites for hydroxylation is 1. The number of carbonyl (C=O) groups excluding carboxylic acids is 1. The number of hydrogen-bond acceptors (Lipinski definition) is 6. The smallest absolute Gasteiger partial charge is 0.230 e. The number of benzene rings is 2. The van der Waals surface area contributed by atoms with E-state index in [-0.39, 0.29) is 12.5 Å². The van der Waals surface area contributed by atoms with Gasteiger partial charge in [0.25, 0.3) is 0 Å². The summed E-state index contributed by atoms with van der Waals surface area (Å²) in [7, 11) is 0. The molecule has 3 aromatic rings. The van der Waals surface area contributed by atoms with Crippen LogP contribution in [0.15, 0.2) is 47.8 Å². The molecule has 0 N–H and O–H groups in total. The minimum atomic E-state index is -0.0940. The predicted molar refractivity (Wildman–Crippen MR) is 117 cm³/mol. The van der Waals surface area contributed by atoms with E-state index in [4.69, 9.17) is 14.7 Å². The zero-order valence-electron chi connectivity index (χ0n) is 17.2. The van der Waals surface area contributed by atoms with Gasteiger partial charge in [-0.1, -0.05) is 25.1 Å². The van der Waals surface area contributed by atoms with Crippen LogP contribution in [0.2, 0.25) is 0 Å². The summed E-state index contributed by atoms with van der Waals surface area (Å²) in [6, 6.07) is 15.0. The SMILES string of the molecule is CCOc1cc(C#N)ccc1OCc1csc(N(C(C)=O)c2ccccc2CC)n1. The molecular weight excluding hydrogens is 398 g/mol. The minimum absolute atomic E-state index is 0.0940. The lowest BCUT2D eigenvalue weighted by Gasteiger charge is -2.21. The Labute approximate surface area is 180 Å². The first-order valence-corrected chi connectivity index (χ1v) is 10.6. The average Bonchev–Trinajstić information content (AvgIpc) is 3.21. The summed E-state index contributed by atoms with van der Waals surface area (Å²) in [5, 5.41) is 11.6. The Kier molecular flexibility index (Phi) is 7.04. The molecule has 1 aromatic heterocycles. The van der Waals surface area contributed by atoms with Crippen LogP contribution in [0, 0.1) is 11.3 Å². The second-order valence-corrected chi connectivity index (χ2v) is 7.29. The Morgan fingerprint density at radius 3 is 2.67 bits per heavy atom. The number of amides is 1. The molecule has 7 heteroatoms. The molecule has 6 nitrogen and oxygen atoms in total. The van der Waals surface area contributed by atoms with Crippen LogP contribution in [0.3, 0.4) is 0 Å². The van der Waals surface area contributed by atoms with E-state index in [1.54, 1.807) is 23.1 Å². The third-order valence-corrected chi connectivity index (χ3v) is 5.28. The number of rotatable bonds is 8. The summed E-state index contributed by atoms with van der Waals surface area (Å²) in [5.41, 5.74) is 3.15. The summed E-state index contributed by atoms with van der Waals surface area (Å²) >= 11 is 1.40. The molecule has 0 aliphatic heterocycles. The predicted octanol–water partition coefficient (Wildman–Crippen LogP) is 5.24. The molecule has 0 fully saturated rings. The fraction of sp³-hybridized carbons (Fsp3) is 0.261. The first kappa shape index (κ1) is 21.3. The van der Waals surface area contributed by atoms with Gasteiger partial charge >= 0.3 is 0 Å². The number of hydrogen-bond donors (Lipinski definition) is 0. The molecular formula is C23H23N3O3S. The molecule has 0 saturated carbocycles. The first-order chi connectivity index (χ1) is 14.6. The lowest BCUT2D eigenvalue weighted by atomic mass is 10.1. The highest BCUT2D eigenvalue weighted by Crippen LogP contribution is 2.33. The van der Waals surface area contributed by atoms with E-state index in [1.165, 1.54) is 18.3 Å². The molecule has 0 atom stereocenters. The van der Waals surface area contributed by atoms with Gasteiger partial charge in [0, 0.05) is 18.4 Å². The number of nitrogens with zero attached hydrogens (tertiary/aromatic N) is 3. The number of ether oxygens (including phenoxy) is 2. The van der Waals surface area contributed by atoms with E-state index < -0.39 is 0 Å². The van der Waals surface area contributed by atoms with E-state index in [1.807, 2.05) is 36.6 Å². The largest absolute Gasteiger partial charge is 0.490 e. The molecule has 0 spiro atoms. The molecule has 30 heavy (non-hydrogen) atoms. The van der Waals surface area contributed by atoms with Crippen LogP contribution >= 0.6 is 11.3 Å². The van der Waals surface area contributed by atoms with Crippen molar-refractivity contribution in [1.29, 1.82) is 5.26 Å². The van der Waals surface area contributed by atoms with Gasteiger partial charge in [0.15, 0.2) is 16.6 Å². The maximum atomic E-state index is 12.4. The summed E-state index contributed by atoms with van der Waals surface area (Å²) < 4.78 is 11.5. The van der Waals surface area contributed by atoms with Crippen LogP contribution in [0.5, 0.6) is 11.5 Å². The van der Waals surface area contributed by atoms with Crippen molar-refractivity contribution in [2.24, 2.45) is 0 Å². The van der Waals surface area contributed by atoms with Crippen molar-refractivity contribution in [3.05, 3.63) is 64.7 Å². The van der Waals surface area contributed by atoms with Gasteiger partial charge in [-0.2, -0.15) is 5.26 Å². The molecule has 0 aliphatic carbocycles. The van der Waals surface area contributed by atoms with Gasteiger partial charge in [0.2, 0.25) is 5.91 Å². The van der Waals surface area contributed by atoms with Gasteiger partial charge < -0.3 is 9.47 Å². The van der Waals surface area contributed by atoms with Crippen LogP contribution in [0.25, 0.3) is 0 Å². The maximum Gasteiger partial charge on any atom is 0.230 e. The summed E-state index contributed by atoms with van der Waals surface area (Å²) in [6.45, 7) is 6.17. The Morgan fingerprint density at radius 2 is 1.97 bits per heavy atom. The Balaban J connectivity index is 1.81. The monoisotopic (exact) mass is 421 g/mol. The number of anilines is 2. The highest BCUT2D eigenvalue weighted by Gasteiger charge is 2.20. The van der Waals surface area contributed by atoms with Crippen molar-refractivity contribution in [2.75, 3.05) is 11.5 Å². The van der Waals surface area contributed by atoms with E-state index >= 15 is 0 Å². The summed E-state index contributed by atoms with van der Waals surface area (Å²) in [6.07, 6.45) is 0.820. The topological polar surface area (TPSA) is 75.5 Å². The van der Waals surface area contributed by atoms with Crippen LogP contribution < -0.4 is 14.4 Å². The van der Waals surface area contributed by atoms with Crippen molar-refractivity contribution in [3.63, 3.8) is 0 Å². The van der Waals surface area contributed by atoms with Crippen LogP contribution in [-0.2, 0) is 17.8 Å². The Hall–Kier alpha value is -3.37. The van der Waals surface area contributed by atoms with Gasteiger partial charge in [-0.15, -0.1) is 11.3 Å². The second kappa shape index (κ2) is 9.90. The highest BCUT2D eigenvalue weighted by atomic mass is 32.1. The van der Waals surface area contributed by atoms with E-state index in [2.05, 4.69) is 18.0 Å². The third kappa shape index (κ3) is 4.78. The van der Waals surface area contributed by atoms with Gasteiger partial charge in [0.1, 0.15) is 6.61 Å². The molecule has 1 amide bonds. The molecule has 3 rings (SSSR count). The number of nitriles is 1. The zero-order chi connectivity index (χ0) is 21.5. The molecule has 0 aliphatic rings. The highest BCUT2D eigenvalue weighted by molar-refractivity contribution is 7.14. The molecule has 2 aromatic carbocycles. The van der Waals surface area contributed by atoms with E-state index in [0.29, 0.717) is 34.5 Å². The van der Waals surface area contributed by atoms with Crippen LogP contribution in [-0.4, -0.2) is 17.5 Å². The third-order valence-electron chi connectivity index (χ3n) is 4.41. The van der Waals surface area contributed by atoms with Crippen LogP contribution in [0.1, 0.15) is 37.6 Å². The average molecular weight is 422 g/mol. The molecule has 0 radical (unpaired) electrons. The van der Waals surface area contributed by atoms with Crippen molar-refractivity contribution in [2.45, 2.75) is 33.8 Å². The lowest BCUT2D eigenvalue weighted by molar-refractivity contribution is -0.115. The Morgan fingerprint density at radius 1 is 1.17 bits per heavy atom. The number of aromatic nitrogens is 1. The Bertz CT molecular complexity index is 1070. The standard InChI is InChI=1S/C23H23N3O3S/c1-4-18-8-6-7-9-20(18)26(16(3)27)23-25-19(15-30-23)14-29-21-11-10-17(13-24)12-22(21)28-5-2/h6-12,15H,4-5,14H2,1-3H3. The van der Waals surface area contributed by atoms with Crippen molar-refractivity contribution >= 4 is 28.1 Å². The quantitative estimate of drug-likeness (QED) is 0.497.